The van der Waals surface area contributed by atoms with Crippen molar-refractivity contribution in [3.8, 4) is 11.5 Å². The molecule has 1 saturated heterocycles. The lowest BCUT2D eigenvalue weighted by atomic mass is 9.85. The Bertz CT molecular complexity index is 1310. The predicted octanol–water partition coefficient (Wildman–Crippen LogP) is 3.60. The summed E-state index contributed by atoms with van der Waals surface area (Å²) < 4.78 is 37.0. The second kappa shape index (κ2) is 9.17. The lowest BCUT2D eigenvalue weighted by molar-refractivity contribution is -0.105. The molecule has 2 aliphatic heterocycles. The number of amides is 1. The topological polar surface area (TPSA) is 105 Å². The highest BCUT2D eigenvalue weighted by molar-refractivity contribution is 7.85. The molecule has 2 aliphatic rings. The van der Waals surface area contributed by atoms with E-state index in [-0.39, 0.29) is 0 Å². The summed E-state index contributed by atoms with van der Waals surface area (Å²) >= 11 is 0. The van der Waals surface area contributed by atoms with Crippen molar-refractivity contribution in [2.24, 2.45) is 0 Å². The number of hydrogen-bond donors (Lipinski definition) is 2. The summed E-state index contributed by atoms with van der Waals surface area (Å²) in [7, 11) is -0.321. The molecular formula is C24H28N2O6S. The molecule has 8 nitrogen and oxygen atoms in total. The first kappa shape index (κ1) is 23.3. The molecule has 0 spiro atoms. The molecule has 1 amide bonds. The fourth-order valence-corrected chi connectivity index (χ4v) is 5.05. The van der Waals surface area contributed by atoms with E-state index in [9.17, 15) is 13.2 Å². The maximum atomic E-state index is 11.0. The maximum Gasteiger partial charge on any atom is 0.261 e. The highest BCUT2D eigenvalue weighted by Gasteiger charge is 2.32. The summed E-state index contributed by atoms with van der Waals surface area (Å²) in [5.74, 6) is 1.47. The number of rotatable bonds is 4. The molecule has 0 saturated carbocycles. The molecule has 1 fully saturated rings. The van der Waals surface area contributed by atoms with E-state index in [4.69, 9.17) is 14.0 Å². The molecule has 9 heteroatoms. The van der Waals surface area contributed by atoms with Crippen LogP contribution in [-0.4, -0.2) is 57.3 Å². The van der Waals surface area contributed by atoms with Crippen LogP contribution in [-0.2, 0) is 27.9 Å². The molecule has 3 aromatic rings. The molecule has 0 aromatic heterocycles. The number of methoxy groups -OCH3 is 2. The van der Waals surface area contributed by atoms with E-state index in [1.807, 2.05) is 6.07 Å². The first-order valence-electron chi connectivity index (χ1n) is 10.7. The van der Waals surface area contributed by atoms with Crippen LogP contribution in [0.4, 0.5) is 5.69 Å². The predicted molar refractivity (Wildman–Crippen MR) is 129 cm³/mol. The van der Waals surface area contributed by atoms with E-state index < -0.39 is 10.1 Å². The number of anilines is 1. The molecule has 3 aromatic carbocycles. The summed E-state index contributed by atoms with van der Waals surface area (Å²) in [5.41, 5.74) is 3.64. The summed E-state index contributed by atoms with van der Waals surface area (Å²) in [6.07, 6.45) is 5.07. The Morgan fingerprint density at radius 3 is 2.30 bits per heavy atom. The molecule has 0 unspecified atom stereocenters. The second-order valence-electron chi connectivity index (χ2n) is 8.44. The number of fused-ring (bicyclic) bond motifs is 7. The van der Waals surface area contributed by atoms with Crippen LogP contribution in [0.15, 0.2) is 30.3 Å². The van der Waals surface area contributed by atoms with Crippen molar-refractivity contribution in [1.82, 2.24) is 4.90 Å². The minimum atomic E-state index is -3.67. The number of carbonyl (C=O) groups excluding carboxylic acids is 1. The van der Waals surface area contributed by atoms with E-state index in [1.165, 1.54) is 41.3 Å². The minimum absolute atomic E-state index is 0.640. The van der Waals surface area contributed by atoms with Crippen molar-refractivity contribution in [2.75, 3.05) is 32.3 Å². The van der Waals surface area contributed by atoms with Gasteiger partial charge in [-0.2, -0.15) is 8.42 Å². The van der Waals surface area contributed by atoms with Crippen molar-refractivity contribution < 1.29 is 27.2 Å². The van der Waals surface area contributed by atoms with Gasteiger partial charge in [0.2, 0.25) is 6.41 Å². The number of hydrogen-bond acceptors (Lipinski definition) is 6. The molecule has 0 aliphatic carbocycles. The summed E-state index contributed by atoms with van der Waals surface area (Å²) in [6, 6.07) is 11.0. The standard InChI is InChI=1S/C23H24N2O3.CH4O3S/c1-27-22-10-19-17-8-14(24-13-26)5-6-16(17)18-9-15-4-3-7-25(15)12-21(18)20(19)11-23(22)28-2;1-5(2,3)4/h5-6,8,10-11,13,15H,3-4,7,9,12H2,1-2H3,(H,24,26);1H3,(H,2,3,4)/t15-;/m0./s1. The van der Waals surface area contributed by atoms with Crippen LogP contribution in [0.3, 0.4) is 0 Å². The lowest BCUT2D eigenvalue weighted by Crippen LogP contribution is -2.35. The summed E-state index contributed by atoms with van der Waals surface area (Å²) in [4.78, 5) is 13.6. The zero-order chi connectivity index (χ0) is 23.8. The highest BCUT2D eigenvalue weighted by Crippen LogP contribution is 2.44. The molecular weight excluding hydrogens is 444 g/mol. The molecule has 2 heterocycles. The van der Waals surface area contributed by atoms with Crippen LogP contribution in [0.5, 0.6) is 11.5 Å². The first-order valence-corrected chi connectivity index (χ1v) is 12.6. The molecule has 1 atom stereocenters. The third-order valence-electron chi connectivity index (χ3n) is 6.37. The molecule has 33 heavy (non-hydrogen) atoms. The Hall–Kier alpha value is -2.88. The summed E-state index contributed by atoms with van der Waals surface area (Å²) in [6.45, 7) is 2.16. The SMILES string of the molecule is COc1cc2c3c(c4ccc(NC=O)cc4c2cc1OC)C[C@@H]1CCCN1C3.CS(=O)(=O)O. The van der Waals surface area contributed by atoms with Crippen molar-refractivity contribution in [3.05, 3.63) is 41.5 Å². The van der Waals surface area contributed by atoms with Crippen LogP contribution in [0.2, 0.25) is 0 Å². The average Bonchev–Trinajstić information content (AvgIpc) is 3.23. The molecule has 5 rings (SSSR count). The van der Waals surface area contributed by atoms with E-state index >= 15 is 0 Å². The second-order valence-corrected chi connectivity index (χ2v) is 9.90. The lowest BCUT2D eigenvalue weighted by Gasteiger charge is -2.33. The first-order chi connectivity index (χ1) is 15.7. The van der Waals surface area contributed by atoms with Gasteiger partial charge in [-0.25, -0.2) is 0 Å². The fourth-order valence-electron chi connectivity index (χ4n) is 5.05. The van der Waals surface area contributed by atoms with E-state index in [0.29, 0.717) is 12.3 Å². The van der Waals surface area contributed by atoms with Gasteiger partial charge in [0.1, 0.15) is 0 Å². The van der Waals surface area contributed by atoms with Gasteiger partial charge in [0.15, 0.2) is 11.5 Å². The van der Waals surface area contributed by atoms with Gasteiger partial charge in [0.05, 0.1) is 20.5 Å². The van der Waals surface area contributed by atoms with Crippen molar-refractivity contribution in [3.63, 3.8) is 0 Å². The van der Waals surface area contributed by atoms with Gasteiger partial charge >= 0.3 is 0 Å². The number of carbonyl (C=O) groups is 1. The molecule has 0 bridgehead atoms. The highest BCUT2D eigenvalue weighted by atomic mass is 32.2. The monoisotopic (exact) mass is 472 g/mol. The zero-order valence-electron chi connectivity index (χ0n) is 18.9. The van der Waals surface area contributed by atoms with Gasteiger partial charge in [-0.15, -0.1) is 0 Å². The van der Waals surface area contributed by atoms with Gasteiger partial charge in [0.25, 0.3) is 10.1 Å². The van der Waals surface area contributed by atoms with Crippen LogP contribution in [0, 0.1) is 0 Å². The van der Waals surface area contributed by atoms with Gasteiger partial charge < -0.3 is 14.8 Å². The number of nitrogens with zero attached hydrogens (tertiary/aromatic N) is 1. The van der Waals surface area contributed by atoms with Gasteiger partial charge in [0, 0.05) is 18.3 Å². The van der Waals surface area contributed by atoms with Crippen LogP contribution in [0.25, 0.3) is 21.5 Å². The Morgan fingerprint density at radius 2 is 1.67 bits per heavy atom. The van der Waals surface area contributed by atoms with Crippen LogP contribution < -0.4 is 14.8 Å². The number of nitrogens with one attached hydrogen (secondary N) is 1. The summed E-state index contributed by atoms with van der Waals surface area (Å²) in [5, 5.41) is 7.56. The van der Waals surface area contributed by atoms with Crippen LogP contribution >= 0.6 is 0 Å². The normalized spacial score (nSPS) is 17.6. The smallest absolute Gasteiger partial charge is 0.261 e. The quantitative estimate of drug-likeness (QED) is 0.340. The Balaban J connectivity index is 0.000000471. The van der Waals surface area contributed by atoms with E-state index in [2.05, 4.69) is 34.5 Å². The largest absolute Gasteiger partial charge is 0.493 e. The fraction of sp³-hybridized carbons (Fsp3) is 0.375. The minimum Gasteiger partial charge on any atom is -0.493 e. The van der Waals surface area contributed by atoms with Crippen molar-refractivity contribution in [2.45, 2.75) is 31.8 Å². The maximum absolute atomic E-state index is 11.0. The van der Waals surface area contributed by atoms with Crippen LogP contribution in [0.1, 0.15) is 24.0 Å². The number of ether oxygens (including phenoxy) is 2. The molecule has 2 N–H and O–H groups in total. The third-order valence-corrected chi connectivity index (χ3v) is 6.37. The van der Waals surface area contributed by atoms with Crippen molar-refractivity contribution in [1.29, 1.82) is 0 Å². The van der Waals surface area contributed by atoms with Gasteiger partial charge in [-0.3, -0.25) is 14.2 Å². The van der Waals surface area contributed by atoms with E-state index in [0.717, 1.165) is 47.3 Å². The number of benzene rings is 3. The molecule has 176 valence electrons. The Morgan fingerprint density at radius 1 is 1.03 bits per heavy atom. The third kappa shape index (κ3) is 4.75. The van der Waals surface area contributed by atoms with E-state index in [1.54, 1.807) is 14.2 Å². The zero-order valence-corrected chi connectivity index (χ0v) is 19.7. The molecule has 0 radical (unpaired) electrons. The Labute approximate surface area is 193 Å². The van der Waals surface area contributed by atoms with Gasteiger partial charge in [-0.1, -0.05) is 6.07 Å². The average molecular weight is 473 g/mol. The van der Waals surface area contributed by atoms with Gasteiger partial charge in [-0.05, 0) is 82.7 Å². The Kier molecular flexibility index (Phi) is 6.47. The van der Waals surface area contributed by atoms with Crippen molar-refractivity contribution >= 4 is 43.8 Å².